The van der Waals surface area contributed by atoms with Gasteiger partial charge in [0, 0.05) is 34.4 Å². The fourth-order valence-corrected chi connectivity index (χ4v) is 4.77. The van der Waals surface area contributed by atoms with Gasteiger partial charge in [0.2, 0.25) is 5.85 Å². The van der Waals surface area contributed by atoms with Crippen molar-refractivity contribution in [2.75, 3.05) is 11.1 Å². The second kappa shape index (κ2) is 6.64. The Morgan fingerprint density at radius 1 is 1.26 bits per heavy atom. The predicted octanol–water partition coefficient (Wildman–Crippen LogP) is 3.84. The van der Waals surface area contributed by atoms with Gasteiger partial charge in [-0.05, 0) is 42.2 Å². The van der Waals surface area contributed by atoms with Crippen molar-refractivity contribution in [1.29, 1.82) is 0 Å². The average Bonchev–Trinajstić information content (AvgIpc) is 3.36. The normalized spacial score (nSPS) is 23.5. The number of fused-ring (bicyclic) bond motifs is 2. The SMILES string of the molecule is Nc1ccc2c(c1)CO[C@@](NCc1nccs1)(C1CCc3ccccc31)N2. The third-order valence-electron chi connectivity index (χ3n) is 5.51. The van der Waals surface area contributed by atoms with Gasteiger partial charge in [0.25, 0.3) is 0 Å². The molecule has 5 rings (SSSR count). The molecule has 3 aromatic rings. The van der Waals surface area contributed by atoms with Crippen LogP contribution >= 0.6 is 11.3 Å². The molecule has 1 aromatic heterocycles. The Kier molecular flexibility index (Phi) is 4.11. The first-order valence-electron chi connectivity index (χ1n) is 9.25. The van der Waals surface area contributed by atoms with Gasteiger partial charge in [-0.2, -0.15) is 0 Å². The number of nitrogens with zero attached hydrogens (tertiary/aromatic N) is 1. The molecule has 0 radical (unpaired) electrons. The lowest BCUT2D eigenvalue weighted by Crippen LogP contribution is -2.59. The maximum atomic E-state index is 6.49. The predicted molar refractivity (Wildman–Crippen MR) is 108 cm³/mol. The highest BCUT2D eigenvalue weighted by Crippen LogP contribution is 2.44. The van der Waals surface area contributed by atoms with Crippen LogP contribution in [0.5, 0.6) is 0 Å². The van der Waals surface area contributed by atoms with E-state index in [9.17, 15) is 0 Å². The maximum Gasteiger partial charge on any atom is 0.203 e. The number of hydrogen-bond donors (Lipinski definition) is 3. The lowest BCUT2D eigenvalue weighted by atomic mass is 9.93. The summed E-state index contributed by atoms with van der Waals surface area (Å²) >= 11 is 1.65. The number of thiazole rings is 1. The number of nitrogens with two attached hydrogens (primary N) is 1. The number of aryl methyl sites for hydroxylation is 1. The summed E-state index contributed by atoms with van der Waals surface area (Å²) in [4.78, 5) is 4.41. The minimum atomic E-state index is -0.665. The van der Waals surface area contributed by atoms with Crippen LogP contribution in [-0.2, 0) is 24.3 Å². The maximum absolute atomic E-state index is 6.49. The first-order valence-corrected chi connectivity index (χ1v) is 10.1. The van der Waals surface area contributed by atoms with E-state index in [4.69, 9.17) is 10.5 Å². The van der Waals surface area contributed by atoms with E-state index in [-0.39, 0.29) is 5.92 Å². The van der Waals surface area contributed by atoms with Crippen LogP contribution in [-0.4, -0.2) is 10.8 Å². The summed E-state index contributed by atoms with van der Waals surface area (Å²) < 4.78 is 6.49. The molecule has 4 N–H and O–H groups in total. The number of aromatic nitrogens is 1. The van der Waals surface area contributed by atoms with Gasteiger partial charge in [0.1, 0.15) is 5.01 Å². The van der Waals surface area contributed by atoms with Crippen molar-refractivity contribution in [1.82, 2.24) is 10.3 Å². The van der Waals surface area contributed by atoms with Crippen LogP contribution in [0.4, 0.5) is 11.4 Å². The molecule has 2 atom stereocenters. The lowest BCUT2D eigenvalue weighted by molar-refractivity contribution is -0.0872. The Balaban J connectivity index is 1.52. The highest BCUT2D eigenvalue weighted by Gasteiger charge is 2.46. The molecular formula is C21H22N4OS. The van der Waals surface area contributed by atoms with Gasteiger partial charge in [-0.1, -0.05) is 24.3 Å². The molecule has 1 aliphatic carbocycles. The van der Waals surface area contributed by atoms with Gasteiger partial charge in [0.15, 0.2) is 0 Å². The van der Waals surface area contributed by atoms with E-state index >= 15 is 0 Å². The van der Waals surface area contributed by atoms with Gasteiger partial charge in [0.05, 0.1) is 13.2 Å². The zero-order valence-electron chi connectivity index (χ0n) is 14.9. The number of benzene rings is 2. The summed E-state index contributed by atoms with van der Waals surface area (Å²) in [5.41, 5.74) is 11.6. The Labute approximate surface area is 162 Å². The van der Waals surface area contributed by atoms with Crippen molar-refractivity contribution < 1.29 is 4.74 Å². The van der Waals surface area contributed by atoms with E-state index in [2.05, 4.69) is 39.9 Å². The molecule has 1 unspecified atom stereocenters. The molecule has 1 aliphatic heterocycles. The average molecular weight is 379 g/mol. The monoisotopic (exact) mass is 378 g/mol. The quantitative estimate of drug-likeness (QED) is 0.602. The first kappa shape index (κ1) is 16.7. The number of nitrogens with one attached hydrogen (secondary N) is 2. The number of anilines is 2. The number of ether oxygens (including phenoxy) is 1. The minimum absolute atomic E-state index is 0.222. The van der Waals surface area contributed by atoms with E-state index in [0.29, 0.717) is 13.2 Å². The highest BCUT2D eigenvalue weighted by atomic mass is 32.1. The van der Waals surface area contributed by atoms with Crippen molar-refractivity contribution in [2.24, 2.45) is 0 Å². The smallest absolute Gasteiger partial charge is 0.203 e. The van der Waals surface area contributed by atoms with Crippen LogP contribution in [0.25, 0.3) is 0 Å². The van der Waals surface area contributed by atoms with Gasteiger partial charge in [-0.15, -0.1) is 11.3 Å². The van der Waals surface area contributed by atoms with Gasteiger partial charge < -0.3 is 15.8 Å². The highest BCUT2D eigenvalue weighted by molar-refractivity contribution is 7.09. The van der Waals surface area contributed by atoms with Gasteiger partial charge in [-0.3, -0.25) is 5.32 Å². The summed E-state index contributed by atoms with van der Waals surface area (Å²) in [7, 11) is 0. The molecule has 0 fully saturated rings. The molecule has 2 heterocycles. The zero-order valence-corrected chi connectivity index (χ0v) is 15.8. The Morgan fingerprint density at radius 3 is 3.07 bits per heavy atom. The molecule has 6 heteroatoms. The van der Waals surface area contributed by atoms with Gasteiger partial charge in [-0.25, -0.2) is 4.98 Å². The van der Waals surface area contributed by atoms with E-state index in [0.717, 1.165) is 34.8 Å². The third-order valence-corrected chi connectivity index (χ3v) is 6.29. The summed E-state index contributed by atoms with van der Waals surface area (Å²) in [6, 6.07) is 14.6. The molecule has 2 aliphatic rings. The van der Waals surface area contributed by atoms with Crippen molar-refractivity contribution in [3.63, 3.8) is 0 Å². The summed E-state index contributed by atoms with van der Waals surface area (Å²) in [5.74, 6) is -0.444. The molecule has 0 bridgehead atoms. The molecule has 0 spiro atoms. The van der Waals surface area contributed by atoms with Gasteiger partial charge >= 0.3 is 0 Å². The van der Waals surface area contributed by atoms with Crippen molar-refractivity contribution in [3.8, 4) is 0 Å². The third kappa shape index (κ3) is 3.00. The number of rotatable bonds is 4. The number of nitrogen functional groups attached to an aromatic ring is 1. The molecule has 0 saturated carbocycles. The van der Waals surface area contributed by atoms with Crippen LogP contribution in [0, 0.1) is 0 Å². The largest absolute Gasteiger partial charge is 0.399 e. The van der Waals surface area contributed by atoms with E-state index in [1.54, 1.807) is 11.3 Å². The van der Waals surface area contributed by atoms with Crippen LogP contribution in [0.2, 0.25) is 0 Å². The molecule has 27 heavy (non-hydrogen) atoms. The molecule has 0 saturated heterocycles. The fourth-order valence-electron chi connectivity index (χ4n) is 4.22. The summed E-state index contributed by atoms with van der Waals surface area (Å²) in [5, 5.41) is 10.4. The molecule has 138 valence electrons. The van der Waals surface area contributed by atoms with Crippen LogP contribution in [0.15, 0.2) is 54.0 Å². The number of hydrogen-bond acceptors (Lipinski definition) is 6. The van der Waals surface area contributed by atoms with Crippen LogP contribution in [0.3, 0.4) is 0 Å². The molecule has 0 amide bonds. The molecular weight excluding hydrogens is 356 g/mol. The van der Waals surface area contributed by atoms with Crippen LogP contribution < -0.4 is 16.4 Å². The van der Waals surface area contributed by atoms with Crippen LogP contribution in [0.1, 0.15) is 34.0 Å². The molecule has 5 nitrogen and oxygen atoms in total. The molecule has 2 aromatic carbocycles. The Hall–Kier alpha value is -2.41. The van der Waals surface area contributed by atoms with E-state index < -0.39 is 5.85 Å². The van der Waals surface area contributed by atoms with Crippen molar-refractivity contribution in [3.05, 3.63) is 75.7 Å². The standard InChI is InChI=1S/C21H22N4OS/c22-16-6-8-19-15(11-16)13-26-21(25-19,24-12-20-23-9-10-27-20)18-7-5-14-3-1-2-4-17(14)18/h1-4,6,8-11,18,24-25H,5,7,12-13,22H2/t18?,21-/m1/s1. The lowest BCUT2D eigenvalue weighted by Gasteiger charge is -2.44. The van der Waals surface area contributed by atoms with E-state index in [1.165, 1.54) is 11.1 Å². The second-order valence-corrected chi connectivity index (χ2v) is 8.11. The summed E-state index contributed by atoms with van der Waals surface area (Å²) in [6.45, 7) is 1.19. The first-order chi connectivity index (χ1) is 13.2. The Bertz CT molecular complexity index is 959. The Morgan fingerprint density at radius 2 is 2.19 bits per heavy atom. The van der Waals surface area contributed by atoms with E-state index in [1.807, 2.05) is 29.8 Å². The minimum Gasteiger partial charge on any atom is -0.399 e. The van der Waals surface area contributed by atoms with Crippen molar-refractivity contribution in [2.45, 2.75) is 37.8 Å². The fraction of sp³-hybridized carbons (Fsp3) is 0.286. The summed E-state index contributed by atoms with van der Waals surface area (Å²) in [6.07, 6.45) is 3.95. The van der Waals surface area contributed by atoms with Crippen molar-refractivity contribution >= 4 is 22.7 Å². The zero-order chi connectivity index (χ0) is 18.3. The topological polar surface area (TPSA) is 72.2 Å². The second-order valence-electron chi connectivity index (χ2n) is 7.14.